The largest absolute Gasteiger partial charge is 0.339 e. The molecular formula is C20H17N5O2S. The van der Waals surface area contributed by atoms with Crippen LogP contribution in [0.15, 0.2) is 78.0 Å². The quantitative estimate of drug-likeness (QED) is 0.536. The molecule has 0 amide bonds. The number of hydrogen-bond acceptors (Lipinski definition) is 6. The van der Waals surface area contributed by atoms with Crippen molar-refractivity contribution >= 4 is 38.4 Å². The zero-order valence-electron chi connectivity index (χ0n) is 15.0. The lowest BCUT2D eigenvalue weighted by molar-refractivity contribution is 0.601. The number of sulfonamides is 1. The second-order valence-corrected chi connectivity index (χ2v) is 7.90. The first-order valence-corrected chi connectivity index (χ1v) is 10.0. The van der Waals surface area contributed by atoms with Crippen molar-refractivity contribution in [3.8, 4) is 0 Å². The Hall–Kier alpha value is -3.52. The van der Waals surface area contributed by atoms with Crippen LogP contribution in [-0.2, 0) is 10.0 Å². The van der Waals surface area contributed by atoms with E-state index in [2.05, 4.69) is 25.0 Å². The third kappa shape index (κ3) is 3.91. The first kappa shape index (κ1) is 17.9. The van der Waals surface area contributed by atoms with Gasteiger partial charge in [-0.2, -0.15) is 0 Å². The van der Waals surface area contributed by atoms with E-state index in [0.29, 0.717) is 17.2 Å². The highest BCUT2D eigenvalue weighted by Crippen LogP contribution is 2.20. The lowest BCUT2D eigenvalue weighted by Gasteiger charge is -2.09. The number of nitrogens with one attached hydrogen (secondary N) is 2. The van der Waals surface area contributed by atoms with E-state index < -0.39 is 10.0 Å². The fourth-order valence-corrected chi connectivity index (χ4v) is 3.62. The molecule has 3 heterocycles. The Morgan fingerprint density at radius 3 is 2.39 bits per heavy atom. The van der Waals surface area contributed by atoms with Crippen molar-refractivity contribution in [2.24, 2.45) is 0 Å². The fourth-order valence-electron chi connectivity index (χ4n) is 2.61. The number of pyridine rings is 3. The normalized spacial score (nSPS) is 11.3. The van der Waals surface area contributed by atoms with E-state index in [1.165, 1.54) is 6.20 Å². The van der Waals surface area contributed by atoms with Gasteiger partial charge in [0.15, 0.2) is 5.65 Å². The van der Waals surface area contributed by atoms with E-state index in [9.17, 15) is 8.42 Å². The average Bonchev–Trinajstić information content (AvgIpc) is 2.69. The lowest BCUT2D eigenvalue weighted by atomic mass is 10.2. The van der Waals surface area contributed by atoms with Crippen molar-refractivity contribution in [2.45, 2.75) is 11.8 Å². The molecule has 2 N–H and O–H groups in total. The minimum Gasteiger partial charge on any atom is -0.339 e. The molecule has 0 unspecified atom stereocenters. The van der Waals surface area contributed by atoms with Gasteiger partial charge < -0.3 is 5.32 Å². The van der Waals surface area contributed by atoms with Gasteiger partial charge >= 0.3 is 0 Å². The number of rotatable bonds is 5. The number of aryl methyl sites for hydroxylation is 1. The van der Waals surface area contributed by atoms with Gasteiger partial charge in [0.05, 0.1) is 16.8 Å². The Morgan fingerprint density at radius 2 is 1.64 bits per heavy atom. The number of fused-ring (bicyclic) bond motifs is 1. The molecule has 4 aromatic rings. The van der Waals surface area contributed by atoms with Crippen molar-refractivity contribution < 1.29 is 8.42 Å². The Balaban J connectivity index is 1.49. The van der Waals surface area contributed by atoms with Crippen molar-refractivity contribution in [1.29, 1.82) is 0 Å². The highest BCUT2D eigenvalue weighted by Gasteiger charge is 2.14. The second kappa shape index (κ2) is 7.24. The molecule has 7 nitrogen and oxygen atoms in total. The molecule has 1 aromatic carbocycles. The summed E-state index contributed by atoms with van der Waals surface area (Å²) in [5.74, 6) is 0.861. The topological polar surface area (TPSA) is 96.9 Å². The number of nitrogens with zero attached hydrogens (tertiary/aromatic N) is 3. The van der Waals surface area contributed by atoms with Gasteiger partial charge in [0, 0.05) is 11.6 Å². The van der Waals surface area contributed by atoms with Gasteiger partial charge in [0.2, 0.25) is 0 Å². The lowest BCUT2D eigenvalue weighted by Crippen LogP contribution is -2.13. The minimum atomic E-state index is -3.68. The van der Waals surface area contributed by atoms with Crippen LogP contribution in [0.5, 0.6) is 0 Å². The van der Waals surface area contributed by atoms with E-state index in [4.69, 9.17) is 0 Å². The maximum absolute atomic E-state index is 12.4. The Morgan fingerprint density at radius 1 is 0.857 bits per heavy atom. The molecule has 0 aliphatic rings. The van der Waals surface area contributed by atoms with Gasteiger partial charge in [-0.3, -0.25) is 4.72 Å². The molecule has 4 rings (SSSR count). The maximum Gasteiger partial charge on any atom is 0.263 e. The van der Waals surface area contributed by atoms with Crippen molar-refractivity contribution in [1.82, 2.24) is 15.0 Å². The minimum absolute atomic E-state index is 0.190. The number of aromatic nitrogens is 3. The second-order valence-electron chi connectivity index (χ2n) is 6.22. The summed E-state index contributed by atoms with van der Waals surface area (Å²) in [6, 6.07) is 17.5. The molecule has 0 atom stereocenters. The molecule has 8 heteroatoms. The molecule has 3 aromatic heterocycles. The van der Waals surface area contributed by atoms with Crippen LogP contribution in [0.4, 0.5) is 17.3 Å². The highest BCUT2D eigenvalue weighted by molar-refractivity contribution is 7.92. The summed E-state index contributed by atoms with van der Waals surface area (Å²) in [5, 5.41) is 4.08. The first-order valence-electron chi connectivity index (χ1n) is 8.54. The molecule has 0 bridgehead atoms. The Bertz CT molecular complexity index is 1220. The maximum atomic E-state index is 12.4. The average molecular weight is 391 g/mol. The molecule has 140 valence electrons. The summed E-state index contributed by atoms with van der Waals surface area (Å²) in [6.45, 7) is 1.90. The number of anilines is 3. The van der Waals surface area contributed by atoms with Crippen molar-refractivity contribution in [3.05, 3.63) is 78.6 Å². The number of benzene rings is 1. The van der Waals surface area contributed by atoms with Crippen molar-refractivity contribution in [2.75, 3.05) is 10.0 Å². The van der Waals surface area contributed by atoms with E-state index in [1.54, 1.807) is 42.6 Å². The standard InChI is InChI=1S/C20H17N5O2S/c1-14-4-8-17(9-5-14)28(26,27)25-18-11-7-16(13-22-18)23-19-10-6-15-3-2-12-21-20(15)24-19/h2-13H,1H3,(H,22,25)(H,21,23,24). The zero-order chi connectivity index (χ0) is 19.6. The molecule has 28 heavy (non-hydrogen) atoms. The molecule has 0 aliphatic carbocycles. The van der Waals surface area contributed by atoms with Crippen LogP contribution >= 0.6 is 0 Å². The summed E-state index contributed by atoms with van der Waals surface area (Å²) < 4.78 is 27.3. The number of hydrogen-bond donors (Lipinski definition) is 2. The first-order chi connectivity index (χ1) is 13.5. The fraction of sp³-hybridized carbons (Fsp3) is 0.0500. The van der Waals surface area contributed by atoms with Crippen molar-refractivity contribution in [3.63, 3.8) is 0 Å². The third-order valence-corrected chi connectivity index (χ3v) is 5.44. The summed E-state index contributed by atoms with van der Waals surface area (Å²) in [5.41, 5.74) is 2.31. The van der Waals surface area contributed by atoms with Crippen LogP contribution < -0.4 is 10.0 Å². The Labute approximate surface area is 162 Å². The monoisotopic (exact) mass is 391 g/mol. The van der Waals surface area contributed by atoms with Crippen LogP contribution in [0.1, 0.15) is 5.56 Å². The summed E-state index contributed by atoms with van der Waals surface area (Å²) in [6.07, 6.45) is 3.23. The van der Waals surface area contributed by atoms with Gasteiger partial charge in [0.25, 0.3) is 10.0 Å². The van der Waals surface area contributed by atoms with Crippen LogP contribution in [0, 0.1) is 6.92 Å². The zero-order valence-corrected chi connectivity index (χ0v) is 15.8. The van der Waals surface area contributed by atoms with Gasteiger partial charge in [-0.1, -0.05) is 17.7 Å². The molecule has 0 aliphatic heterocycles. The van der Waals surface area contributed by atoms with Gasteiger partial charge in [-0.15, -0.1) is 0 Å². The summed E-state index contributed by atoms with van der Waals surface area (Å²) in [7, 11) is -3.68. The van der Waals surface area contributed by atoms with E-state index in [-0.39, 0.29) is 10.7 Å². The van der Waals surface area contributed by atoms with E-state index >= 15 is 0 Å². The molecule has 0 spiro atoms. The van der Waals surface area contributed by atoms with Gasteiger partial charge in [0.1, 0.15) is 11.6 Å². The molecule has 0 saturated heterocycles. The van der Waals surface area contributed by atoms with Gasteiger partial charge in [-0.25, -0.2) is 23.4 Å². The highest BCUT2D eigenvalue weighted by atomic mass is 32.2. The molecular weight excluding hydrogens is 374 g/mol. The summed E-state index contributed by atoms with van der Waals surface area (Å²) >= 11 is 0. The molecule has 0 saturated carbocycles. The van der Waals surface area contributed by atoms with Gasteiger partial charge in [-0.05, 0) is 55.5 Å². The third-order valence-electron chi connectivity index (χ3n) is 4.07. The summed E-state index contributed by atoms with van der Waals surface area (Å²) in [4.78, 5) is 13.0. The smallest absolute Gasteiger partial charge is 0.263 e. The SMILES string of the molecule is Cc1ccc(S(=O)(=O)Nc2ccc(Nc3ccc4cccnc4n3)cn2)cc1. The van der Waals surface area contributed by atoms with E-state index in [0.717, 1.165) is 10.9 Å². The van der Waals surface area contributed by atoms with Crippen LogP contribution in [-0.4, -0.2) is 23.4 Å². The molecule has 0 radical (unpaired) electrons. The van der Waals surface area contributed by atoms with Crippen LogP contribution in [0.2, 0.25) is 0 Å². The molecule has 0 fully saturated rings. The van der Waals surface area contributed by atoms with Crippen LogP contribution in [0.3, 0.4) is 0 Å². The van der Waals surface area contributed by atoms with E-state index in [1.807, 2.05) is 31.2 Å². The Kier molecular flexibility index (Phi) is 4.62. The predicted molar refractivity (Wildman–Crippen MR) is 109 cm³/mol. The van der Waals surface area contributed by atoms with Crippen LogP contribution in [0.25, 0.3) is 11.0 Å². The predicted octanol–water partition coefficient (Wildman–Crippen LogP) is 3.88.